The first-order valence-electron chi connectivity index (χ1n) is 7.89. The minimum atomic E-state index is 0.762. The van der Waals surface area contributed by atoms with E-state index in [1.807, 2.05) is 18.2 Å². The third-order valence-electron chi connectivity index (χ3n) is 3.81. The Morgan fingerprint density at radius 3 is 2.30 bits per heavy atom. The first-order valence-corrected chi connectivity index (χ1v) is 7.89. The summed E-state index contributed by atoms with van der Waals surface area (Å²) >= 11 is 0. The molecule has 0 spiro atoms. The molecule has 0 aliphatic carbocycles. The zero-order valence-electron chi connectivity index (χ0n) is 12.9. The first-order chi connectivity index (χ1) is 9.81. The molecule has 0 bridgehead atoms. The van der Waals surface area contributed by atoms with Crippen molar-refractivity contribution in [2.75, 3.05) is 32.8 Å². The van der Waals surface area contributed by atoms with Gasteiger partial charge < -0.3 is 9.47 Å². The van der Waals surface area contributed by atoms with Gasteiger partial charge >= 0.3 is 0 Å². The summed E-state index contributed by atoms with van der Waals surface area (Å²) in [5.74, 6) is 1.90. The molecule has 1 saturated heterocycles. The maximum Gasteiger partial charge on any atom is 0.125 e. The molecule has 3 heteroatoms. The number of rotatable bonds is 7. The Morgan fingerprint density at radius 2 is 1.65 bits per heavy atom. The monoisotopic (exact) mass is 277 g/mol. The lowest BCUT2D eigenvalue weighted by molar-refractivity contribution is 0.182. The molecule has 0 aromatic heterocycles. The van der Waals surface area contributed by atoms with Crippen LogP contribution in [0.2, 0.25) is 0 Å². The van der Waals surface area contributed by atoms with E-state index in [2.05, 4.69) is 18.7 Å². The fraction of sp³-hybridized carbons (Fsp3) is 0.647. The standard InChI is InChI=1S/C17H27NO2/c1-3-13-19-16-8-7-9-17(15(16)2)20-14-12-18-10-5-4-6-11-18/h7-9H,3-6,10-14H2,1-2H3. The van der Waals surface area contributed by atoms with Gasteiger partial charge in [-0.3, -0.25) is 4.90 Å². The Labute approximate surface area is 122 Å². The number of piperidine rings is 1. The Morgan fingerprint density at radius 1 is 1.00 bits per heavy atom. The number of likely N-dealkylation sites (tertiary alicyclic amines) is 1. The van der Waals surface area contributed by atoms with Crippen molar-refractivity contribution in [3.05, 3.63) is 23.8 Å². The largest absolute Gasteiger partial charge is 0.493 e. The van der Waals surface area contributed by atoms with Gasteiger partial charge in [-0.05, 0) is 51.4 Å². The van der Waals surface area contributed by atoms with Crippen LogP contribution in [0.3, 0.4) is 0 Å². The lowest BCUT2D eigenvalue weighted by Gasteiger charge is -2.26. The number of nitrogens with zero attached hydrogens (tertiary/aromatic N) is 1. The van der Waals surface area contributed by atoms with Gasteiger partial charge in [0.2, 0.25) is 0 Å². The number of ether oxygens (including phenoxy) is 2. The summed E-state index contributed by atoms with van der Waals surface area (Å²) in [6, 6.07) is 6.06. The maximum absolute atomic E-state index is 5.94. The van der Waals surface area contributed by atoms with Crippen LogP contribution in [0.15, 0.2) is 18.2 Å². The summed E-state index contributed by atoms with van der Waals surface area (Å²) in [6.07, 6.45) is 5.07. The first kappa shape index (κ1) is 15.2. The molecule has 0 unspecified atom stereocenters. The van der Waals surface area contributed by atoms with Gasteiger partial charge in [-0.2, -0.15) is 0 Å². The zero-order chi connectivity index (χ0) is 14.2. The quantitative estimate of drug-likeness (QED) is 0.759. The van der Waals surface area contributed by atoms with Gasteiger partial charge in [0.25, 0.3) is 0 Å². The van der Waals surface area contributed by atoms with E-state index in [0.29, 0.717) is 0 Å². The summed E-state index contributed by atoms with van der Waals surface area (Å²) in [6.45, 7) is 9.19. The van der Waals surface area contributed by atoms with Crippen LogP contribution in [0.5, 0.6) is 11.5 Å². The Kier molecular flexibility index (Phi) is 6.19. The molecule has 1 aliphatic rings. The van der Waals surface area contributed by atoms with Gasteiger partial charge in [0, 0.05) is 12.1 Å². The Hall–Kier alpha value is -1.22. The summed E-state index contributed by atoms with van der Waals surface area (Å²) in [5.41, 5.74) is 1.11. The number of hydrogen-bond acceptors (Lipinski definition) is 3. The van der Waals surface area contributed by atoms with Gasteiger partial charge in [-0.1, -0.05) is 19.4 Å². The van der Waals surface area contributed by atoms with E-state index in [4.69, 9.17) is 9.47 Å². The zero-order valence-corrected chi connectivity index (χ0v) is 12.9. The SMILES string of the molecule is CCCOc1cccc(OCCN2CCCCC2)c1C. The molecule has 0 saturated carbocycles. The highest BCUT2D eigenvalue weighted by atomic mass is 16.5. The smallest absolute Gasteiger partial charge is 0.125 e. The molecule has 0 amide bonds. The lowest BCUT2D eigenvalue weighted by Crippen LogP contribution is -2.33. The van der Waals surface area contributed by atoms with Crippen molar-refractivity contribution in [3.8, 4) is 11.5 Å². The van der Waals surface area contributed by atoms with Crippen LogP contribution < -0.4 is 9.47 Å². The second-order valence-electron chi connectivity index (χ2n) is 5.48. The van der Waals surface area contributed by atoms with Crippen molar-refractivity contribution in [3.63, 3.8) is 0 Å². The average molecular weight is 277 g/mol. The topological polar surface area (TPSA) is 21.7 Å². The molecule has 1 heterocycles. The predicted molar refractivity (Wildman–Crippen MR) is 82.8 cm³/mol. The van der Waals surface area contributed by atoms with Crippen LogP contribution >= 0.6 is 0 Å². The van der Waals surface area contributed by atoms with E-state index in [9.17, 15) is 0 Å². The number of benzene rings is 1. The van der Waals surface area contributed by atoms with Crippen LogP contribution in [-0.4, -0.2) is 37.7 Å². The third-order valence-corrected chi connectivity index (χ3v) is 3.81. The van der Waals surface area contributed by atoms with Gasteiger partial charge in [0.05, 0.1) is 6.61 Å². The van der Waals surface area contributed by atoms with Gasteiger partial charge in [0.1, 0.15) is 18.1 Å². The highest BCUT2D eigenvalue weighted by molar-refractivity contribution is 5.43. The minimum absolute atomic E-state index is 0.762. The fourth-order valence-electron chi connectivity index (χ4n) is 2.59. The van der Waals surface area contributed by atoms with Crippen LogP contribution in [0, 0.1) is 6.92 Å². The fourth-order valence-corrected chi connectivity index (χ4v) is 2.59. The minimum Gasteiger partial charge on any atom is -0.493 e. The van der Waals surface area contributed by atoms with E-state index in [-0.39, 0.29) is 0 Å². The molecule has 3 nitrogen and oxygen atoms in total. The molecule has 1 aromatic rings. The normalized spacial score (nSPS) is 16.1. The number of hydrogen-bond donors (Lipinski definition) is 0. The highest BCUT2D eigenvalue weighted by Crippen LogP contribution is 2.27. The highest BCUT2D eigenvalue weighted by Gasteiger charge is 2.10. The van der Waals surface area contributed by atoms with Gasteiger partial charge in [0.15, 0.2) is 0 Å². The van der Waals surface area contributed by atoms with Crippen LogP contribution in [0.4, 0.5) is 0 Å². The van der Waals surface area contributed by atoms with Crippen molar-refractivity contribution >= 4 is 0 Å². The second-order valence-corrected chi connectivity index (χ2v) is 5.48. The van der Waals surface area contributed by atoms with Gasteiger partial charge in [-0.25, -0.2) is 0 Å². The summed E-state index contributed by atoms with van der Waals surface area (Å²) in [4.78, 5) is 2.50. The van der Waals surface area contributed by atoms with Crippen LogP contribution in [0.1, 0.15) is 38.2 Å². The molecule has 0 N–H and O–H groups in total. The van der Waals surface area contributed by atoms with Crippen LogP contribution in [-0.2, 0) is 0 Å². The van der Waals surface area contributed by atoms with E-state index >= 15 is 0 Å². The predicted octanol–water partition coefficient (Wildman–Crippen LogP) is 3.65. The van der Waals surface area contributed by atoms with Crippen molar-refractivity contribution in [2.24, 2.45) is 0 Å². The van der Waals surface area contributed by atoms with E-state index in [1.165, 1.54) is 32.4 Å². The van der Waals surface area contributed by atoms with Gasteiger partial charge in [-0.15, -0.1) is 0 Å². The summed E-state index contributed by atoms with van der Waals surface area (Å²) in [7, 11) is 0. The van der Waals surface area contributed by atoms with E-state index < -0.39 is 0 Å². The average Bonchev–Trinajstić information content (AvgIpc) is 2.49. The molecule has 0 radical (unpaired) electrons. The molecule has 2 rings (SSSR count). The van der Waals surface area contributed by atoms with Crippen molar-refractivity contribution < 1.29 is 9.47 Å². The van der Waals surface area contributed by atoms with Crippen molar-refractivity contribution in [1.82, 2.24) is 4.90 Å². The Bertz CT molecular complexity index is 400. The summed E-state index contributed by atoms with van der Waals surface area (Å²) < 4.78 is 11.7. The van der Waals surface area contributed by atoms with Crippen molar-refractivity contribution in [2.45, 2.75) is 39.5 Å². The Balaban J connectivity index is 1.82. The lowest BCUT2D eigenvalue weighted by atomic mass is 10.1. The molecule has 112 valence electrons. The van der Waals surface area contributed by atoms with Crippen LogP contribution in [0.25, 0.3) is 0 Å². The molecular weight excluding hydrogens is 250 g/mol. The van der Waals surface area contributed by atoms with E-state index in [0.717, 1.165) is 43.2 Å². The molecule has 20 heavy (non-hydrogen) atoms. The molecular formula is C17H27NO2. The second kappa shape index (κ2) is 8.15. The van der Waals surface area contributed by atoms with E-state index in [1.54, 1.807) is 0 Å². The molecule has 1 aromatic carbocycles. The molecule has 1 aliphatic heterocycles. The maximum atomic E-state index is 5.94. The third kappa shape index (κ3) is 4.41. The van der Waals surface area contributed by atoms with Crippen molar-refractivity contribution in [1.29, 1.82) is 0 Å². The molecule has 1 fully saturated rings. The molecule has 0 atom stereocenters. The summed E-state index contributed by atoms with van der Waals surface area (Å²) in [5, 5.41) is 0.